The summed E-state index contributed by atoms with van der Waals surface area (Å²) in [5.74, 6) is 0.319. The molecule has 0 radical (unpaired) electrons. The van der Waals surface area contributed by atoms with Gasteiger partial charge in [-0.2, -0.15) is 0 Å². The van der Waals surface area contributed by atoms with Crippen molar-refractivity contribution < 1.29 is 19.3 Å². The summed E-state index contributed by atoms with van der Waals surface area (Å²) in [4.78, 5) is 0.722. The van der Waals surface area contributed by atoms with Crippen molar-refractivity contribution >= 4 is 10.6 Å². The van der Waals surface area contributed by atoms with Gasteiger partial charge in [0.1, 0.15) is 11.5 Å². The second kappa shape index (κ2) is 5.26. The first-order valence-electron chi connectivity index (χ1n) is 6.53. The molecule has 0 fully saturated rings. The summed E-state index contributed by atoms with van der Waals surface area (Å²) in [6.07, 6.45) is 0. The lowest BCUT2D eigenvalue weighted by atomic mass is 10.1. The van der Waals surface area contributed by atoms with Gasteiger partial charge in [-0.05, 0) is 74.2 Å². The molecule has 0 aromatic heterocycles. The maximum atomic E-state index is 10.6. The van der Waals surface area contributed by atoms with E-state index in [-0.39, 0.29) is 11.5 Å². The number of phenols is 2. The Morgan fingerprint density at radius 2 is 0.857 bits per heavy atom. The Balaban J connectivity index is 2.61. The lowest BCUT2D eigenvalue weighted by Crippen LogP contribution is -2.02. The minimum atomic E-state index is -3.18. The third-order valence-corrected chi connectivity index (χ3v) is 5.37. The van der Waals surface area contributed by atoms with Gasteiger partial charge < -0.3 is 10.2 Å². The molecule has 2 aromatic rings. The van der Waals surface area contributed by atoms with Gasteiger partial charge in [0.15, 0.2) is 0 Å². The van der Waals surface area contributed by atoms with Crippen LogP contribution in [0.25, 0.3) is 0 Å². The van der Waals surface area contributed by atoms with Crippen LogP contribution in [-0.4, -0.2) is 19.3 Å². The van der Waals surface area contributed by atoms with Crippen LogP contribution >= 0.6 is 10.6 Å². The lowest BCUT2D eigenvalue weighted by Gasteiger charge is -2.34. The van der Waals surface area contributed by atoms with Crippen LogP contribution in [0.5, 0.6) is 11.5 Å². The Morgan fingerprint density at radius 3 is 1.10 bits per heavy atom. The SMILES string of the molecule is Cc1cc(S(O)(O)c2cc(C)c(O)c(C)c2)cc(C)c1O. The topological polar surface area (TPSA) is 80.9 Å². The van der Waals surface area contributed by atoms with Crippen LogP contribution in [0.3, 0.4) is 0 Å². The summed E-state index contributed by atoms with van der Waals surface area (Å²) in [7, 11) is -3.18. The quantitative estimate of drug-likeness (QED) is 0.658. The van der Waals surface area contributed by atoms with Crippen molar-refractivity contribution in [2.45, 2.75) is 37.5 Å². The highest BCUT2D eigenvalue weighted by molar-refractivity contribution is 8.24. The number of hydrogen-bond acceptors (Lipinski definition) is 4. The number of aryl methyl sites for hydroxylation is 4. The summed E-state index contributed by atoms with van der Waals surface area (Å²) in [5, 5.41) is 19.6. The van der Waals surface area contributed by atoms with Crippen LogP contribution in [0.2, 0.25) is 0 Å². The molecule has 0 heterocycles. The molecule has 0 aliphatic heterocycles. The molecule has 0 atom stereocenters. The van der Waals surface area contributed by atoms with Crippen LogP contribution < -0.4 is 0 Å². The molecule has 0 amide bonds. The Labute approximate surface area is 126 Å². The van der Waals surface area contributed by atoms with Crippen molar-refractivity contribution in [3.63, 3.8) is 0 Å². The van der Waals surface area contributed by atoms with Crippen LogP contribution in [0, 0.1) is 27.7 Å². The summed E-state index contributed by atoms with van der Waals surface area (Å²) in [6, 6.07) is 6.31. The summed E-state index contributed by atoms with van der Waals surface area (Å²) in [5.41, 5.74) is 2.38. The number of phenolic OH excluding ortho intramolecular Hbond substituents is 2. The zero-order valence-corrected chi connectivity index (χ0v) is 13.3. The van der Waals surface area contributed by atoms with E-state index < -0.39 is 10.6 Å². The molecule has 0 bridgehead atoms. The Bertz CT molecular complexity index is 602. The van der Waals surface area contributed by atoms with E-state index in [1.807, 2.05) is 0 Å². The molecule has 0 saturated heterocycles. The average molecular weight is 308 g/mol. The van der Waals surface area contributed by atoms with Crippen molar-refractivity contribution in [1.29, 1.82) is 0 Å². The Morgan fingerprint density at radius 1 is 0.619 bits per heavy atom. The molecule has 0 aliphatic rings. The Hall–Kier alpha value is -1.69. The van der Waals surface area contributed by atoms with Crippen molar-refractivity contribution in [2.75, 3.05) is 0 Å². The van der Waals surface area contributed by atoms with E-state index in [1.54, 1.807) is 52.0 Å². The molecular formula is C16H20O4S. The first-order valence-corrected chi connectivity index (χ1v) is 8.08. The van der Waals surface area contributed by atoms with Crippen molar-refractivity contribution in [3.8, 4) is 11.5 Å². The van der Waals surface area contributed by atoms with Gasteiger partial charge in [0.25, 0.3) is 0 Å². The van der Waals surface area contributed by atoms with E-state index in [4.69, 9.17) is 0 Å². The normalized spacial score (nSPS) is 12.5. The monoisotopic (exact) mass is 308 g/mol. The van der Waals surface area contributed by atoms with Crippen molar-refractivity contribution in [3.05, 3.63) is 46.5 Å². The average Bonchev–Trinajstić information content (AvgIpc) is 2.40. The summed E-state index contributed by atoms with van der Waals surface area (Å²) < 4.78 is 21.2. The van der Waals surface area contributed by atoms with E-state index in [2.05, 4.69) is 0 Å². The van der Waals surface area contributed by atoms with E-state index >= 15 is 0 Å². The van der Waals surface area contributed by atoms with Gasteiger partial charge in [0.05, 0.1) is 9.79 Å². The number of rotatable bonds is 2. The largest absolute Gasteiger partial charge is 0.507 e. The van der Waals surface area contributed by atoms with Gasteiger partial charge in [0, 0.05) is 0 Å². The summed E-state index contributed by atoms with van der Waals surface area (Å²) in [6.45, 7) is 6.87. The van der Waals surface area contributed by atoms with Crippen LogP contribution in [-0.2, 0) is 0 Å². The molecule has 21 heavy (non-hydrogen) atoms. The second-order valence-electron chi connectivity index (χ2n) is 5.36. The fourth-order valence-electron chi connectivity index (χ4n) is 2.30. The first kappa shape index (κ1) is 15.7. The highest BCUT2D eigenvalue weighted by Gasteiger charge is 2.22. The highest BCUT2D eigenvalue weighted by atomic mass is 32.3. The van der Waals surface area contributed by atoms with E-state index in [9.17, 15) is 19.3 Å². The third kappa shape index (κ3) is 2.72. The molecule has 0 aliphatic carbocycles. The maximum absolute atomic E-state index is 10.6. The van der Waals surface area contributed by atoms with Gasteiger partial charge in [-0.15, -0.1) is 10.6 Å². The maximum Gasteiger partial charge on any atom is 0.121 e. The van der Waals surface area contributed by atoms with Gasteiger partial charge in [-0.3, -0.25) is 9.11 Å². The van der Waals surface area contributed by atoms with Gasteiger partial charge in [-0.25, -0.2) is 0 Å². The lowest BCUT2D eigenvalue weighted by molar-refractivity contribution is 0.463. The molecule has 2 aromatic carbocycles. The molecule has 0 saturated carbocycles. The standard InChI is InChI=1S/C16H20O4S/c1-9-5-13(6-10(2)15(9)17)21(19,20)14-7-11(3)16(18)12(4)8-14/h5-8,17-20H,1-4H3. The first-order chi connectivity index (χ1) is 9.64. The number of benzene rings is 2. The molecule has 4 nitrogen and oxygen atoms in total. The zero-order valence-electron chi connectivity index (χ0n) is 12.5. The zero-order chi connectivity index (χ0) is 15.9. The fourth-order valence-corrected chi connectivity index (χ4v) is 3.93. The fraction of sp³-hybridized carbons (Fsp3) is 0.250. The van der Waals surface area contributed by atoms with Crippen LogP contribution in [0.4, 0.5) is 0 Å². The van der Waals surface area contributed by atoms with Crippen LogP contribution in [0.1, 0.15) is 22.3 Å². The predicted molar refractivity (Wildman–Crippen MR) is 84.5 cm³/mol. The second-order valence-corrected chi connectivity index (χ2v) is 7.40. The molecule has 0 spiro atoms. The molecule has 0 unspecified atom stereocenters. The summed E-state index contributed by atoms with van der Waals surface area (Å²) >= 11 is 0. The number of aromatic hydroxyl groups is 2. The smallest absolute Gasteiger partial charge is 0.121 e. The molecule has 114 valence electrons. The number of hydrogen-bond donors (Lipinski definition) is 4. The minimum Gasteiger partial charge on any atom is -0.507 e. The van der Waals surface area contributed by atoms with Crippen molar-refractivity contribution in [1.82, 2.24) is 0 Å². The molecular weight excluding hydrogens is 288 g/mol. The van der Waals surface area contributed by atoms with Gasteiger partial charge in [-0.1, -0.05) is 0 Å². The van der Waals surface area contributed by atoms with E-state index in [1.165, 1.54) is 0 Å². The van der Waals surface area contributed by atoms with E-state index in [0.717, 1.165) is 0 Å². The van der Waals surface area contributed by atoms with Gasteiger partial charge in [0.2, 0.25) is 0 Å². The minimum absolute atomic E-state index is 0.159. The van der Waals surface area contributed by atoms with Crippen molar-refractivity contribution in [2.24, 2.45) is 0 Å². The molecule has 2 rings (SSSR count). The molecule has 4 N–H and O–H groups in total. The van der Waals surface area contributed by atoms with Gasteiger partial charge >= 0.3 is 0 Å². The molecule has 5 heteroatoms. The Kier molecular flexibility index (Phi) is 3.93. The van der Waals surface area contributed by atoms with E-state index in [0.29, 0.717) is 32.0 Å². The third-order valence-electron chi connectivity index (χ3n) is 3.59. The van der Waals surface area contributed by atoms with Crippen LogP contribution in [0.15, 0.2) is 34.1 Å². The highest BCUT2D eigenvalue weighted by Crippen LogP contribution is 2.57. The predicted octanol–water partition coefficient (Wildman–Crippen LogP) is 4.50.